The Balaban J connectivity index is 2.58. The minimum Gasteiger partial charge on any atom is -0.480 e. The van der Waals surface area contributed by atoms with E-state index in [2.05, 4.69) is 10.3 Å². The summed E-state index contributed by atoms with van der Waals surface area (Å²) in [5.41, 5.74) is 1.98. The van der Waals surface area contributed by atoms with E-state index in [1.54, 1.807) is 6.20 Å². The number of nitrogens with one attached hydrogen (secondary N) is 1. The fourth-order valence-electron chi connectivity index (χ4n) is 1.67. The lowest BCUT2D eigenvalue weighted by Crippen LogP contribution is -2.37. The molecule has 94 valence electrons. The SMILES string of the molecule is Cc1cccnc1CNC(CC(C)C)C(=O)O. The second kappa shape index (κ2) is 6.35. The van der Waals surface area contributed by atoms with Crippen molar-refractivity contribution in [3.8, 4) is 0 Å². The van der Waals surface area contributed by atoms with Gasteiger partial charge in [0.05, 0.1) is 5.69 Å². The number of aliphatic carboxylic acids is 1. The summed E-state index contributed by atoms with van der Waals surface area (Å²) in [6.07, 6.45) is 2.35. The maximum Gasteiger partial charge on any atom is 0.320 e. The van der Waals surface area contributed by atoms with E-state index in [1.165, 1.54) is 0 Å². The molecule has 1 rings (SSSR count). The lowest BCUT2D eigenvalue weighted by atomic mass is 10.0. The summed E-state index contributed by atoms with van der Waals surface area (Å²) in [7, 11) is 0. The fraction of sp³-hybridized carbons (Fsp3) is 0.538. The van der Waals surface area contributed by atoms with Crippen molar-refractivity contribution in [3.63, 3.8) is 0 Å². The van der Waals surface area contributed by atoms with Gasteiger partial charge in [-0.1, -0.05) is 19.9 Å². The molecule has 1 heterocycles. The molecule has 0 aliphatic heterocycles. The van der Waals surface area contributed by atoms with E-state index in [-0.39, 0.29) is 0 Å². The summed E-state index contributed by atoms with van der Waals surface area (Å²) in [5, 5.41) is 12.1. The molecule has 1 atom stereocenters. The standard InChI is InChI=1S/C13H20N2O2/c1-9(2)7-11(13(16)17)15-8-12-10(3)5-4-6-14-12/h4-6,9,11,15H,7-8H2,1-3H3,(H,16,17). The van der Waals surface area contributed by atoms with Crippen LogP contribution in [0.5, 0.6) is 0 Å². The number of hydrogen-bond acceptors (Lipinski definition) is 3. The minimum absolute atomic E-state index is 0.355. The van der Waals surface area contributed by atoms with Gasteiger partial charge in [0, 0.05) is 12.7 Å². The molecule has 4 nitrogen and oxygen atoms in total. The van der Waals surface area contributed by atoms with E-state index in [4.69, 9.17) is 5.11 Å². The van der Waals surface area contributed by atoms with Gasteiger partial charge < -0.3 is 5.11 Å². The zero-order chi connectivity index (χ0) is 12.8. The molecule has 0 saturated heterocycles. The zero-order valence-electron chi connectivity index (χ0n) is 10.6. The van der Waals surface area contributed by atoms with Gasteiger partial charge in [-0.2, -0.15) is 0 Å². The quantitative estimate of drug-likeness (QED) is 0.792. The Bertz CT molecular complexity index is 377. The maximum atomic E-state index is 11.1. The van der Waals surface area contributed by atoms with Crippen molar-refractivity contribution in [3.05, 3.63) is 29.6 Å². The number of rotatable bonds is 6. The van der Waals surface area contributed by atoms with Gasteiger partial charge in [0.25, 0.3) is 0 Å². The monoisotopic (exact) mass is 236 g/mol. The molecule has 0 fully saturated rings. The Labute approximate surface area is 102 Å². The van der Waals surface area contributed by atoms with Crippen molar-refractivity contribution in [2.75, 3.05) is 0 Å². The van der Waals surface area contributed by atoms with Gasteiger partial charge in [0.15, 0.2) is 0 Å². The summed E-state index contributed by atoms with van der Waals surface area (Å²) in [5.74, 6) is -0.444. The van der Waals surface area contributed by atoms with Gasteiger partial charge in [-0.05, 0) is 30.9 Å². The van der Waals surface area contributed by atoms with Crippen molar-refractivity contribution in [2.24, 2.45) is 5.92 Å². The Morgan fingerprint density at radius 2 is 2.24 bits per heavy atom. The van der Waals surface area contributed by atoms with Crippen LogP contribution >= 0.6 is 0 Å². The first-order chi connectivity index (χ1) is 8.00. The molecule has 1 aromatic rings. The summed E-state index contributed by atoms with van der Waals surface area (Å²) in [4.78, 5) is 15.3. The topological polar surface area (TPSA) is 62.2 Å². The Morgan fingerprint density at radius 1 is 1.53 bits per heavy atom. The molecule has 0 aliphatic rings. The highest BCUT2D eigenvalue weighted by molar-refractivity contribution is 5.73. The fourth-order valence-corrected chi connectivity index (χ4v) is 1.67. The first-order valence-electron chi connectivity index (χ1n) is 5.87. The molecule has 4 heteroatoms. The van der Waals surface area contributed by atoms with Gasteiger partial charge in [-0.3, -0.25) is 15.1 Å². The summed E-state index contributed by atoms with van der Waals surface area (Å²) < 4.78 is 0. The molecule has 0 saturated carbocycles. The van der Waals surface area contributed by atoms with E-state index < -0.39 is 12.0 Å². The lowest BCUT2D eigenvalue weighted by molar-refractivity contribution is -0.140. The smallest absolute Gasteiger partial charge is 0.320 e. The first kappa shape index (κ1) is 13.6. The Morgan fingerprint density at radius 3 is 2.76 bits per heavy atom. The van der Waals surface area contributed by atoms with Crippen molar-refractivity contribution >= 4 is 5.97 Å². The summed E-state index contributed by atoms with van der Waals surface area (Å²) in [6, 6.07) is 3.35. The van der Waals surface area contributed by atoms with Crippen LogP contribution in [0.2, 0.25) is 0 Å². The molecule has 0 radical (unpaired) electrons. The number of nitrogens with zero attached hydrogens (tertiary/aromatic N) is 1. The number of carbonyl (C=O) groups is 1. The van der Waals surface area contributed by atoms with Crippen molar-refractivity contribution in [1.82, 2.24) is 10.3 Å². The van der Waals surface area contributed by atoms with Crippen molar-refractivity contribution in [1.29, 1.82) is 0 Å². The Hall–Kier alpha value is -1.42. The van der Waals surface area contributed by atoms with E-state index in [0.717, 1.165) is 11.3 Å². The predicted octanol–water partition coefficient (Wildman–Crippen LogP) is 1.98. The number of carboxylic acids is 1. The van der Waals surface area contributed by atoms with Crippen LogP contribution in [-0.2, 0) is 11.3 Å². The minimum atomic E-state index is -0.799. The molecule has 17 heavy (non-hydrogen) atoms. The molecule has 0 aromatic carbocycles. The van der Waals surface area contributed by atoms with Crippen molar-refractivity contribution in [2.45, 2.75) is 39.8 Å². The first-order valence-corrected chi connectivity index (χ1v) is 5.87. The van der Waals surface area contributed by atoms with Crippen LogP contribution in [0.1, 0.15) is 31.5 Å². The van der Waals surface area contributed by atoms with Crippen LogP contribution in [0.15, 0.2) is 18.3 Å². The molecule has 0 spiro atoms. The van der Waals surface area contributed by atoms with Gasteiger partial charge >= 0.3 is 5.97 Å². The highest BCUT2D eigenvalue weighted by Gasteiger charge is 2.18. The van der Waals surface area contributed by atoms with E-state index in [9.17, 15) is 4.79 Å². The summed E-state index contributed by atoms with van der Waals surface area (Å²) >= 11 is 0. The lowest BCUT2D eigenvalue weighted by Gasteiger charge is -2.16. The van der Waals surface area contributed by atoms with Crippen LogP contribution in [0.3, 0.4) is 0 Å². The van der Waals surface area contributed by atoms with Crippen LogP contribution in [0.4, 0.5) is 0 Å². The van der Waals surface area contributed by atoms with Gasteiger partial charge in [-0.25, -0.2) is 0 Å². The Kier molecular flexibility index (Phi) is 5.10. The van der Waals surface area contributed by atoms with E-state index in [1.807, 2.05) is 32.9 Å². The van der Waals surface area contributed by atoms with Crippen LogP contribution in [-0.4, -0.2) is 22.1 Å². The molecule has 0 aliphatic carbocycles. The predicted molar refractivity (Wildman–Crippen MR) is 66.7 cm³/mol. The van der Waals surface area contributed by atoms with Gasteiger partial charge in [0.2, 0.25) is 0 Å². The molecule has 0 bridgehead atoms. The van der Waals surface area contributed by atoms with Crippen molar-refractivity contribution < 1.29 is 9.90 Å². The normalized spacial score (nSPS) is 12.7. The third-order valence-corrected chi connectivity index (χ3v) is 2.64. The molecule has 1 unspecified atom stereocenters. The third-order valence-electron chi connectivity index (χ3n) is 2.64. The average molecular weight is 236 g/mol. The average Bonchev–Trinajstić information content (AvgIpc) is 2.25. The molecule has 2 N–H and O–H groups in total. The van der Waals surface area contributed by atoms with Crippen LogP contribution < -0.4 is 5.32 Å². The highest BCUT2D eigenvalue weighted by Crippen LogP contribution is 2.07. The van der Waals surface area contributed by atoms with Crippen LogP contribution in [0.25, 0.3) is 0 Å². The van der Waals surface area contributed by atoms with Gasteiger partial charge in [-0.15, -0.1) is 0 Å². The second-order valence-electron chi connectivity index (χ2n) is 4.67. The van der Waals surface area contributed by atoms with E-state index in [0.29, 0.717) is 18.9 Å². The summed E-state index contributed by atoms with van der Waals surface area (Å²) in [6.45, 7) is 6.51. The molecular weight excluding hydrogens is 216 g/mol. The van der Waals surface area contributed by atoms with Gasteiger partial charge in [0.1, 0.15) is 6.04 Å². The third kappa shape index (κ3) is 4.53. The zero-order valence-corrected chi connectivity index (χ0v) is 10.6. The highest BCUT2D eigenvalue weighted by atomic mass is 16.4. The number of hydrogen-bond donors (Lipinski definition) is 2. The number of aryl methyl sites for hydroxylation is 1. The number of carboxylic acid groups (broad SMARTS) is 1. The second-order valence-corrected chi connectivity index (χ2v) is 4.67. The molecule has 1 aromatic heterocycles. The largest absolute Gasteiger partial charge is 0.480 e. The molecular formula is C13H20N2O2. The number of aromatic nitrogens is 1. The van der Waals surface area contributed by atoms with E-state index >= 15 is 0 Å². The molecule has 0 amide bonds. The number of pyridine rings is 1. The maximum absolute atomic E-state index is 11.1. The van der Waals surface area contributed by atoms with Crippen LogP contribution in [0, 0.1) is 12.8 Å².